The van der Waals surface area contributed by atoms with Gasteiger partial charge in [0, 0.05) is 11.9 Å². The van der Waals surface area contributed by atoms with Crippen LogP contribution in [0.25, 0.3) is 0 Å². The Morgan fingerprint density at radius 1 is 1.35 bits per heavy atom. The van der Waals surface area contributed by atoms with Crippen LogP contribution in [0.4, 0.5) is 0 Å². The average molecular weight is 272 g/mol. The molecule has 0 aliphatic rings. The van der Waals surface area contributed by atoms with Crippen LogP contribution in [0.3, 0.4) is 0 Å². The van der Waals surface area contributed by atoms with Crippen LogP contribution >= 0.6 is 0 Å². The molecular weight excluding hydrogens is 256 g/mol. The standard InChI is InChI=1S/C14H16N4O2/c1-3-11-12(5-4-9(2)17-11)20-13-8-16-7-6-10(13)14(15)18-19/h4-8,19H,3H2,1-2H3,(H2,15,18). The van der Waals surface area contributed by atoms with E-state index in [1.807, 2.05) is 26.0 Å². The van der Waals surface area contributed by atoms with E-state index in [1.165, 1.54) is 6.20 Å². The highest BCUT2D eigenvalue weighted by atomic mass is 16.5. The second kappa shape index (κ2) is 6.01. The Bertz CT molecular complexity index is 641. The minimum Gasteiger partial charge on any atom is -0.453 e. The summed E-state index contributed by atoms with van der Waals surface area (Å²) >= 11 is 0. The van der Waals surface area contributed by atoms with Crippen LogP contribution in [-0.4, -0.2) is 21.0 Å². The van der Waals surface area contributed by atoms with Gasteiger partial charge in [-0.05, 0) is 31.5 Å². The predicted octanol–water partition coefficient (Wildman–Crippen LogP) is 2.23. The quantitative estimate of drug-likeness (QED) is 0.385. The highest BCUT2D eigenvalue weighted by Gasteiger charge is 2.12. The monoisotopic (exact) mass is 272 g/mol. The molecule has 0 atom stereocenters. The topological polar surface area (TPSA) is 93.6 Å². The third-order valence-corrected chi connectivity index (χ3v) is 2.79. The number of nitrogens with two attached hydrogens (primary N) is 1. The average Bonchev–Trinajstić information content (AvgIpc) is 2.48. The smallest absolute Gasteiger partial charge is 0.173 e. The van der Waals surface area contributed by atoms with Crippen molar-refractivity contribution in [2.24, 2.45) is 10.9 Å². The molecule has 3 N–H and O–H groups in total. The SMILES string of the molecule is CCc1nc(C)ccc1Oc1cnccc1/C(N)=N/O. The Kier molecular flexibility index (Phi) is 4.14. The highest BCUT2D eigenvalue weighted by molar-refractivity contribution is 5.99. The van der Waals surface area contributed by atoms with Crippen molar-refractivity contribution in [3.63, 3.8) is 0 Å². The summed E-state index contributed by atoms with van der Waals surface area (Å²) in [5, 5.41) is 11.8. The summed E-state index contributed by atoms with van der Waals surface area (Å²) in [6, 6.07) is 5.34. The van der Waals surface area contributed by atoms with E-state index in [9.17, 15) is 0 Å². The van der Waals surface area contributed by atoms with Gasteiger partial charge in [-0.2, -0.15) is 0 Å². The minimum absolute atomic E-state index is 0.0273. The molecule has 20 heavy (non-hydrogen) atoms. The molecule has 0 bridgehead atoms. The molecule has 0 fully saturated rings. The second-order valence-electron chi connectivity index (χ2n) is 4.21. The molecule has 0 saturated carbocycles. The van der Waals surface area contributed by atoms with E-state index in [-0.39, 0.29) is 5.84 Å². The molecule has 0 saturated heterocycles. The maximum atomic E-state index is 8.79. The maximum Gasteiger partial charge on any atom is 0.173 e. The van der Waals surface area contributed by atoms with Crippen LogP contribution in [0.2, 0.25) is 0 Å². The highest BCUT2D eigenvalue weighted by Crippen LogP contribution is 2.27. The van der Waals surface area contributed by atoms with E-state index < -0.39 is 0 Å². The summed E-state index contributed by atoms with van der Waals surface area (Å²) in [7, 11) is 0. The van der Waals surface area contributed by atoms with Crippen LogP contribution < -0.4 is 10.5 Å². The third-order valence-electron chi connectivity index (χ3n) is 2.79. The Morgan fingerprint density at radius 2 is 2.15 bits per heavy atom. The van der Waals surface area contributed by atoms with Crippen LogP contribution in [0.5, 0.6) is 11.5 Å². The van der Waals surface area contributed by atoms with Gasteiger partial charge in [-0.3, -0.25) is 9.97 Å². The lowest BCUT2D eigenvalue weighted by Gasteiger charge is -2.12. The summed E-state index contributed by atoms with van der Waals surface area (Å²) in [6.45, 7) is 3.93. The Balaban J connectivity index is 2.40. The number of aryl methyl sites for hydroxylation is 2. The summed E-state index contributed by atoms with van der Waals surface area (Å²) < 4.78 is 5.81. The third kappa shape index (κ3) is 2.85. The van der Waals surface area contributed by atoms with Gasteiger partial charge in [-0.15, -0.1) is 0 Å². The van der Waals surface area contributed by atoms with Gasteiger partial charge in [0.05, 0.1) is 17.5 Å². The number of hydrogen-bond donors (Lipinski definition) is 2. The van der Waals surface area contributed by atoms with Gasteiger partial charge in [-0.1, -0.05) is 12.1 Å². The fourth-order valence-electron chi connectivity index (χ4n) is 1.79. The number of nitrogens with zero attached hydrogens (tertiary/aromatic N) is 3. The van der Waals surface area contributed by atoms with Gasteiger partial charge in [0.15, 0.2) is 11.6 Å². The first-order valence-corrected chi connectivity index (χ1v) is 6.22. The number of oxime groups is 1. The van der Waals surface area contributed by atoms with E-state index in [2.05, 4.69) is 15.1 Å². The van der Waals surface area contributed by atoms with Gasteiger partial charge < -0.3 is 15.7 Å². The lowest BCUT2D eigenvalue weighted by molar-refractivity contribution is 0.318. The molecule has 6 heteroatoms. The first-order chi connectivity index (χ1) is 9.65. The van der Waals surface area contributed by atoms with E-state index in [0.717, 1.165) is 17.8 Å². The van der Waals surface area contributed by atoms with Crippen LogP contribution in [0.1, 0.15) is 23.9 Å². The molecule has 104 valence electrons. The Labute approximate surface area is 116 Å². The fraction of sp³-hybridized carbons (Fsp3) is 0.214. The molecule has 2 heterocycles. The summed E-state index contributed by atoms with van der Waals surface area (Å²) in [5.74, 6) is 1.03. The number of amidine groups is 1. The van der Waals surface area contributed by atoms with Gasteiger partial charge in [0.2, 0.25) is 0 Å². The van der Waals surface area contributed by atoms with E-state index in [0.29, 0.717) is 17.1 Å². The molecule has 2 aromatic rings. The first kappa shape index (κ1) is 13.8. The summed E-state index contributed by atoms with van der Waals surface area (Å²) in [6.07, 6.45) is 3.82. The van der Waals surface area contributed by atoms with Crippen molar-refractivity contribution < 1.29 is 9.94 Å². The van der Waals surface area contributed by atoms with Crippen molar-refractivity contribution in [1.29, 1.82) is 0 Å². The Morgan fingerprint density at radius 3 is 2.85 bits per heavy atom. The van der Waals surface area contributed by atoms with Crippen molar-refractivity contribution in [2.45, 2.75) is 20.3 Å². The van der Waals surface area contributed by atoms with Crippen molar-refractivity contribution in [3.8, 4) is 11.5 Å². The maximum absolute atomic E-state index is 8.79. The van der Waals surface area contributed by atoms with Crippen molar-refractivity contribution in [3.05, 3.63) is 47.5 Å². The van der Waals surface area contributed by atoms with Gasteiger partial charge in [0.25, 0.3) is 0 Å². The summed E-state index contributed by atoms with van der Waals surface area (Å²) in [5.41, 5.74) is 7.87. The Hall–Kier alpha value is -2.63. The van der Waals surface area contributed by atoms with Gasteiger partial charge in [-0.25, -0.2) is 0 Å². The molecule has 2 rings (SSSR count). The lowest BCUT2D eigenvalue weighted by Crippen LogP contribution is -2.14. The predicted molar refractivity (Wildman–Crippen MR) is 75.2 cm³/mol. The van der Waals surface area contributed by atoms with Crippen LogP contribution in [-0.2, 0) is 6.42 Å². The van der Waals surface area contributed by atoms with Crippen molar-refractivity contribution in [2.75, 3.05) is 0 Å². The minimum atomic E-state index is -0.0273. The van der Waals surface area contributed by atoms with E-state index in [4.69, 9.17) is 15.7 Å². The molecule has 0 aromatic carbocycles. The molecule has 0 aliphatic heterocycles. The van der Waals surface area contributed by atoms with Crippen LogP contribution in [0, 0.1) is 6.92 Å². The van der Waals surface area contributed by atoms with Gasteiger partial charge in [0.1, 0.15) is 5.75 Å². The second-order valence-corrected chi connectivity index (χ2v) is 4.21. The first-order valence-electron chi connectivity index (χ1n) is 6.22. The zero-order valence-corrected chi connectivity index (χ0v) is 11.4. The molecule has 0 spiro atoms. The number of ether oxygens (including phenoxy) is 1. The lowest BCUT2D eigenvalue weighted by atomic mass is 10.2. The number of aromatic nitrogens is 2. The van der Waals surface area contributed by atoms with Crippen molar-refractivity contribution >= 4 is 5.84 Å². The molecule has 2 aromatic heterocycles. The number of rotatable bonds is 4. The van der Waals surface area contributed by atoms with Crippen LogP contribution in [0.15, 0.2) is 35.7 Å². The van der Waals surface area contributed by atoms with E-state index in [1.54, 1.807) is 12.3 Å². The number of pyridine rings is 2. The molecule has 0 radical (unpaired) electrons. The molecule has 0 amide bonds. The zero-order valence-electron chi connectivity index (χ0n) is 11.4. The largest absolute Gasteiger partial charge is 0.453 e. The zero-order chi connectivity index (χ0) is 14.5. The summed E-state index contributed by atoms with van der Waals surface area (Å²) in [4.78, 5) is 8.42. The molecule has 0 aliphatic carbocycles. The number of hydrogen-bond acceptors (Lipinski definition) is 5. The van der Waals surface area contributed by atoms with E-state index >= 15 is 0 Å². The normalized spacial score (nSPS) is 11.4. The van der Waals surface area contributed by atoms with Crippen molar-refractivity contribution in [1.82, 2.24) is 9.97 Å². The fourth-order valence-corrected chi connectivity index (χ4v) is 1.79. The molecular formula is C14H16N4O2. The van der Waals surface area contributed by atoms with Gasteiger partial charge >= 0.3 is 0 Å². The molecule has 6 nitrogen and oxygen atoms in total. The molecule has 0 unspecified atom stereocenters.